The van der Waals surface area contributed by atoms with Gasteiger partial charge in [0.1, 0.15) is 5.82 Å². The normalized spacial score (nSPS) is 30.3. The third-order valence-corrected chi connectivity index (χ3v) is 4.74. The molecule has 1 fully saturated rings. The fourth-order valence-corrected chi connectivity index (χ4v) is 3.31. The van der Waals surface area contributed by atoms with Crippen LogP contribution in [-0.4, -0.2) is 4.83 Å². The molecule has 2 rings (SSSR count). The number of hydrogen-bond donors (Lipinski definition) is 0. The van der Waals surface area contributed by atoms with Gasteiger partial charge >= 0.3 is 0 Å². The van der Waals surface area contributed by atoms with Crippen molar-refractivity contribution in [2.45, 2.75) is 37.4 Å². The van der Waals surface area contributed by atoms with Crippen LogP contribution in [0.5, 0.6) is 0 Å². The first-order chi connectivity index (χ1) is 7.65. The van der Waals surface area contributed by atoms with Gasteiger partial charge in [-0.15, -0.1) is 0 Å². The summed E-state index contributed by atoms with van der Waals surface area (Å²) >= 11 is 3.76. The van der Waals surface area contributed by atoms with E-state index >= 15 is 0 Å². The maximum absolute atomic E-state index is 13.1. The first-order valence-corrected chi connectivity index (χ1v) is 6.95. The zero-order chi connectivity index (χ0) is 11.5. The van der Waals surface area contributed by atoms with E-state index in [1.165, 1.54) is 25.3 Å². The molecule has 1 saturated carbocycles. The van der Waals surface area contributed by atoms with Crippen LogP contribution >= 0.6 is 15.9 Å². The molecule has 88 valence electrons. The molecular weight excluding hydrogens is 267 g/mol. The second-order valence-corrected chi connectivity index (χ2v) is 6.20. The quantitative estimate of drug-likeness (QED) is 0.698. The molecule has 0 saturated heterocycles. The zero-order valence-corrected chi connectivity index (χ0v) is 11.2. The van der Waals surface area contributed by atoms with Crippen molar-refractivity contribution in [1.29, 1.82) is 0 Å². The monoisotopic (exact) mass is 284 g/mol. The molecule has 2 heteroatoms. The molecule has 1 aliphatic carbocycles. The van der Waals surface area contributed by atoms with Crippen LogP contribution in [0.3, 0.4) is 0 Å². The van der Waals surface area contributed by atoms with Crippen molar-refractivity contribution in [2.75, 3.05) is 0 Å². The summed E-state index contributed by atoms with van der Waals surface area (Å²) in [5.74, 6) is 1.35. The molecule has 0 radical (unpaired) electrons. The van der Waals surface area contributed by atoms with Gasteiger partial charge in [0.2, 0.25) is 0 Å². The van der Waals surface area contributed by atoms with E-state index in [4.69, 9.17) is 0 Å². The highest BCUT2D eigenvalue weighted by molar-refractivity contribution is 9.09. The van der Waals surface area contributed by atoms with Gasteiger partial charge in [-0.05, 0) is 55.2 Å². The SMILES string of the molecule is CC1CCC(Br)C(Cc2cccc(F)c2)C1. The van der Waals surface area contributed by atoms with Crippen molar-refractivity contribution in [3.8, 4) is 0 Å². The van der Waals surface area contributed by atoms with E-state index in [9.17, 15) is 4.39 Å². The molecular formula is C14H18BrF. The Morgan fingerprint density at radius 1 is 1.38 bits per heavy atom. The Bertz CT molecular complexity index is 350. The summed E-state index contributed by atoms with van der Waals surface area (Å²) in [6.45, 7) is 2.32. The fourth-order valence-electron chi connectivity index (χ4n) is 2.64. The summed E-state index contributed by atoms with van der Waals surface area (Å²) in [6, 6.07) is 7.01. The van der Waals surface area contributed by atoms with Crippen molar-refractivity contribution < 1.29 is 4.39 Å². The average Bonchev–Trinajstić information content (AvgIpc) is 2.24. The Labute approximate surface area is 105 Å². The van der Waals surface area contributed by atoms with Gasteiger partial charge in [-0.3, -0.25) is 0 Å². The molecule has 0 heterocycles. The van der Waals surface area contributed by atoms with Gasteiger partial charge in [-0.25, -0.2) is 4.39 Å². The highest BCUT2D eigenvalue weighted by Gasteiger charge is 2.26. The summed E-state index contributed by atoms with van der Waals surface area (Å²) < 4.78 is 13.1. The Morgan fingerprint density at radius 2 is 2.19 bits per heavy atom. The number of hydrogen-bond acceptors (Lipinski definition) is 0. The van der Waals surface area contributed by atoms with Crippen LogP contribution in [0.15, 0.2) is 24.3 Å². The largest absolute Gasteiger partial charge is 0.207 e. The molecule has 0 spiro atoms. The van der Waals surface area contributed by atoms with Crippen molar-refractivity contribution in [1.82, 2.24) is 0 Å². The molecule has 0 aliphatic heterocycles. The van der Waals surface area contributed by atoms with Crippen LogP contribution in [0.4, 0.5) is 4.39 Å². The van der Waals surface area contributed by atoms with Gasteiger partial charge < -0.3 is 0 Å². The summed E-state index contributed by atoms with van der Waals surface area (Å²) in [4.78, 5) is 0.604. The van der Waals surface area contributed by atoms with Crippen molar-refractivity contribution >= 4 is 15.9 Å². The molecule has 0 nitrogen and oxygen atoms in total. The van der Waals surface area contributed by atoms with Crippen LogP contribution in [0.25, 0.3) is 0 Å². The van der Waals surface area contributed by atoms with Crippen LogP contribution < -0.4 is 0 Å². The number of rotatable bonds is 2. The summed E-state index contributed by atoms with van der Waals surface area (Å²) in [7, 11) is 0. The first kappa shape index (κ1) is 12.1. The zero-order valence-electron chi connectivity index (χ0n) is 9.63. The molecule has 1 aromatic rings. The standard InChI is InChI=1S/C14H18BrF/c1-10-5-6-14(15)12(7-10)8-11-3-2-4-13(16)9-11/h2-4,9-10,12,14H,5-8H2,1H3. The Kier molecular flexibility index (Phi) is 4.01. The summed E-state index contributed by atoms with van der Waals surface area (Å²) in [5.41, 5.74) is 1.13. The second kappa shape index (κ2) is 5.31. The van der Waals surface area contributed by atoms with Crippen molar-refractivity contribution in [3.63, 3.8) is 0 Å². The van der Waals surface area contributed by atoms with Crippen LogP contribution in [0.2, 0.25) is 0 Å². The maximum Gasteiger partial charge on any atom is 0.123 e. The lowest BCUT2D eigenvalue weighted by Gasteiger charge is -2.31. The predicted molar refractivity (Wildman–Crippen MR) is 69.3 cm³/mol. The van der Waals surface area contributed by atoms with E-state index in [1.54, 1.807) is 12.1 Å². The Balaban J connectivity index is 2.02. The minimum Gasteiger partial charge on any atom is -0.207 e. The number of halogens is 2. The molecule has 0 amide bonds. The third kappa shape index (κ3) is 3.07. The first-order valence-electron chi connectivity index (χ1n) is 6.03. The van der Waals surface area contributed by atoms with Gasteiger partial charge in [0.25, 0.3) is 0 Å². The van der Waals surface area contributed by atoms with E-state index in [1.807, 2.05) is 6.07 Å². The average molecular weight is 285 g/mol. The van der Waals surface area contributed by atoms with Gasteiger partial charge in [0, 0.05) is 4.83 Å². The van der Waals surface area contributed by atoms with E-state index in [0.717, 1.165) is 17.9 Å². The minimum atomic E-state index is -0.118. The van der Waals surface area contributed by atoms with Gasteiger partial charge in [-0.2, -0.15) is 0 Å². The predicted octanol–water partition coefficient (Wildman–Crippen LogP) is 4.57. The topological polar surface area (TPSA) is 0 Å². The smallest absolute Gasteiger partial charge is 0.123 e. The highest BCUT2D eigenvalue weighted by atomic mass is 79.9. The van der Waals surface area contributed by atoms with Crippen LogP contribution in [0, 0.1) is 17.7 Å². The van der Waals surface area contributed by atoms with Gasteiger partial charge in [-0.1, -0.05) is 35.0 Å². The Hall–Kier alpha value is -0.370. The number of benzene rings is 1. The Morgan fingerprint density at radius 3 is 2.94 bits per heavy atom. The number of alkyl halides is 1. The molecule has 3 atom stereocenters. The molecule has 0 bridgehead atoms. The van der Waals surface area contributed by atoms with E-state index in [0.29, 0.717) is 10.7 Å². The molecule has 16 heavy (non-hydrogen) atoms. The summed E-state index contributed by atoms with van der Waals surface area (Å²) in [5, 5.41) is 0. The lowest BCUT2D eigenvalue weighted by atomic mass is 9.79. The minimum absolute atomic E-state index is 0.118. The molecule has 1 aliphatic rings. The van der Waals surface area contributed by atoms with E-state index < -0.39 is 0 Å². The second-order valence-electron chi connectivity index (χ2n) is 5.03. The van der Waals surface area contributed by atoms with Gasteiger partial charge in [0.15, 0.2) is 0 Å². The molecule has 0 aromatic heterocycles. The molecule has 0 N–H and O–H groups in total. The summed E-state index contributed by atoms with van der Waals surface area (Å²) in [6.07, 6.45) is 4.82. The lowest BCUT2D eigenvalue weighted by molar-refractivity contribution is 0.294. The van der Waals surface area contributed by atoms with Crippen LogP contribution in [0.1, 0.15) is 31.7 Å². The van der Waals surface area contributed by atoms with Crippen molar-refractivity contribution in [3.05, 3.63) is 35.6 Å². The fraction of sp³-hybridized carbons (Fsp3) is 0.571. The molecule has 1 aromatic carbocycles. The lowest BCUT2D eigenvalue weighted by Crippen LogP contribution is -2.25. The van der Waals surface area contributed by atoms with Crippen LogP contribution in [-0.2, 0) is 6.42 Å². The highest BCUT2D eigenvalue weighted by Crippen LogP contribution is 2.35. The third-order valence-electron chi connectivity index (χ3n) is 3.54. The van der Waals surface area contributed by atoms with Gasteiger partial charge in [0.05, 0.1) is 0 Å². The molecule has 3 unspecified atom stereocenters. The van der Waals surface area contributed by atoms with E-state index in [-0.39, 0.29) is 5.82 Å². The maximum atomic E-state index is 13.1. The van der Waals surface area contributed by atoms with E-state index in [2.05, 4.69) is 22.9 Å². The van der Waals surface area contributed by atoms with Crippen molar-refractivity contribution in [2.24, 2.45) is 11.8 Å².